The van der Waals surface area contributed by atoms with Gasteiger partial charge in [0.05, 0.1) is 41.9 Å². The zero-order valence-corrected chi connectivity index (χ0v) is 17.4. The van der Waals surface area contributed by atoms with Crippen molar-refractivity contribution in [1.29, 1.82) is 0 Å². The van der Waals surface area contributed by atoms with Crippen LogP contribution in [0.1, 0.15) is 33.2 Å². The Balaban J connectivity index is 1.69. The number of H-pyrrole nitrogens is 1. The van der Waals surface area contributed by atoms with Crippen molar-refractivity contribution in [2.45, 2.75) is 6.04 Å². The second-order valence-electron chi connectivity index (χ2n) is 7.15. The zero-order valence-electron chi connectivity index (χ0n) is 17.4. The number of nitrogens with one attached hydrogen (secondary N) is 2. The number of fused-ring (bicyclic) bond motifs is 1. The van der Waals surface area contributed by atoms with Crippen LogP contribution in [0.5, 0.6) is 5.75 Å². The van der Waals surface area contributed by atoms with Crippen molar-refractivity contribution in [2.75, 3.05) is 13.7 Å². The third-order valence-electron chi connectivity index (χ3n) is 5.18. The van der Waals surface area contributed by atoms with Crippen molar-refractivity contribution in [2.24, 2.45) is 0 Å². The summed E-state index contributed by atoms with van der Waals surface area (Å²) < 4.78 is 19.5. The van der Waals surface area contributed by atoms with Gasteiger partial charge in [0, 0.05) is 5.56 Å². The highest BCUT2D eigenvalue weighted by atomic mass is 19.1. The lowest BCUT2D eigenvalue weighted by Crippen LogP contribution is -2.31. The van der Waals surface area contributed by atoms with Gasteiger partial charge >= 0.3 is 0 Å². The molecule has 0 saturated carbocycles. The highest BCUT2D eigenvalue weighted by molar-refractivity contribution is 6.05. The topological polar surface area (TPSA) is 87.2 Å². The number of methoxy groups -OCH3 is 1. The fraction of sp³-hybridized carbons (Fsp3) is 0.120. The van der Waals surface area contributed by atoms with Crippen molar-refractivity contribution in [1.82, 2.24) is 15.5 Å². The molecule has 0 aliphatic rings. The van der Waals surface area contributed by atoms with E-state index in [-0.39, 0.29) is 12.4 Å². The minimum atomic E-state index is -0.561. The summed E-state index contributed by atoms with van der Waals surface area (Å²) in [6, 6.07) is 18.5. The Kier molecular flexibility index (Phi) is 6.28. The number of ether oxygens (including phenoxy) is 1. The second kappa shape index (κ2) is 9.45. The van der Waals surface area contributed by atoms with Gasteiger partial charge in [-0.1, -0.05) is 48.5 Å². The Bertz CT molecular complexity index is 1270. The summed E-state index contributed by atoms with van der Waals surface area (Å²) in [6.07, 6.45) is 3.29. The first-order valence-corrected chi connectivity index (χ1v) is 10.1. The lowest BCUT2D eigenvalue weighted by molar-refractivity contribution is 0.0913. The van der Waals surface area contributed by atoms with Crippen LogP contribution in [0.2, 0.25) is 0 Å². The molecule has 1 atom stereocenters. The van der Waals surface area contributed by atoms with E-state index in [9.17, 15) is 14.3 Å². The summed E-state index contributed by atoms with van der Waals surface area (Å²) in [7, 11) is 1.48. The Morgan fingerprint density at radius 2 is 1.88 bits per heavy atom. The molecule has 0 unspecified atom stereocenters. The molecule has 4 rings (SSSR count). The molecule has 0 fully saturated rings. The van der Waals surface area contributed by atoms with Gasteiger partial charge in [0.25, 0.3) is 5.91 Å². The van der Waals surface area contributed by atoms with E-state index < -0.39 is 11.9 Å². The Hall–Kier alpha value is -3.97. The van der Waals surface area contributed by atoms with E-state index in [1.807, 2.05) is 30.3 Å². The third-order valence-corrected chi connectivity index (χ3v) is 5.18. The maximum absolute atomic E-state index is 14.0. The van der Waals surface area contributed by atoms with Crippen molar-refractivity contribution in [3.8, 4) is 5.75 Å². The highest BCUT2D eigenvalue weighted by Gasteiger charge is 2.21. The number of hydrogen-bond donors (Lipinski definition) is 3. The van der Waals surface area contributed by atoms with E-state index in [2.05, 4.69) is 15.5 Å². The number of carbonyl (C=O) groups is 1. The fourth-order valence-corrected chi connectivity index (χ4v) is 3.55. The molecule has 1 amide bonds. The van der Waals surface area contributed by atoms with Gasteiger partial charge in [0.1, 0.15) is 11.6 Å². The molecular formula is C25H22FN3O3. The minimum Gasteiger partial charge on any atom is -0.495 e. The van der Waals surface area contributed by atoms with Crippen molar-refractivity contribution < 1.29 is 19.0 Å². The van der Waals surface area contributed by atoms with Crippen LogP contribution in [0.25, 0.3) is 23.1 Å². The number of rotatable bonds is 7. The van der Waals surface area contributed by atoms with E-state index in [1.165, 1.54) is 13.2 Å². The van der Waals surface area contributed by atoms with Crippen LogP contribution in [0.15, 0.2) is 66.7 Å². The molecule has 1 aromatic heterocycles. The van der Waals surface area contributed by atoms with Crippen molar-refractivity contribution in [3.63, 3.8) is 0 Å². The van der Waals surface area contributed by atoms with Crippen LogP contribution in [0.3, 0.4) is 0 Å². The molecule has 0 bridgehead atoms. The second-order valence-corrected chi connectivity index (χ2v) is 7.15. The molecule has 32 heavy (non-hydrogen) atoms. The van der Waals surface area contributed by atoms with Crippen LogP contribution >= 0.6 is 0 Å². The van der Waals surface area contributed by atoms with E-state index in [0.717, 1.165) is 5.56 Å². The summed E-state index contributed by atoms with van der Waals surface area (Å²) in [6.45, 7) is -0.247. The molecule has 1 heterocycles. The number of aromatic amines is 1. The molecule has 3 N–H and O–H groups in total. The molecule has 4 aromatic rings. The molecule has 0 aliphatic heterocycles. The summed E-state index contributed by atoms with van der Waals surface area (Å²) in [4.78, 5) is 13.1. The molecule has 162 valence electrons. The van der Waals surface area contributed by atoms with E-state index in [1.54, 1.807) is 42.5 Å². The maximum atomic E-state index is 14.0. The molecule has 6 nitrogen and oxygen atoms in total. The van der Waals surface area contributed by atoms with Crippen LogP contribution < -0.4 is 10.1 Å². The molecule has 0 spiro atoms. The van der Waals surface area contributed by atoms with Gasteiger partial charge in [0.2, 0.25) is 0 Å². The molecule has 3 aromatic carbocycles. The summed E-state index contributed by atoms with van der Waals surface area (Å²) >= 11 is 0. The number of aliphatic hydroxyl groups excluding tert-OH is 1. The predicted octanol–water partition coefficient (Wildman–Crippen LogP) is 4.34. The number of halogens is 1. The van der Waals surface area contributed by atoms with Gasteiger partial charge < -0.3 is 15.2 Å². The van der Waals surface area contributed by atoms with Gasteiger partial charge in [-0.2, -0.15) is 5.10 Å². The first-order chi connectivity index (χ1) is 15.6. The Morgan fingerprint density at radius 3 is 2.59 bits per heavy atom. The summed E-state index contributed by atoms with van der Waals surface area (Å²) in [5.41, 5.74) is 2.70. The summed E-state index contributed by atoms with van der Waals surface area (Å²) in [5, 5.41) is 20.4. The third kappa shape index (κ3) is 4.24. The lowest BCUT2D eigenvalue weighted by Gasteiger charge is -2.18. The van der Waals surface area contributed by atoms with Gasteiger partial charge in [-0.3, -0.25) is 9.89 Å². The maximum Gasteiger partial charge on any atom is 0.255 e. The fourth-order valence-electron chi connectivity index (χ4n) is 3.55. The average molecular weight is 431 g/mol. The van der Waals surface area contributed by atoms with Gasteiger partial charge in [0.15, 0.2) is 0 Å². The first kappa shape index (κ1) is 21.3. The number of nitrogens with zero attached hydrogens (tertiary/aromatic N) is 1. The number of carbonyl (C=O) groups excluding carboxylic acids is 1. The number of aromatic nitrogens is 2. The molecule has 0 saturated heterocycles. The number of amides is 1. The van der Waals surface area contributed by atoms with Crippen LogP contribution in [-0.2, 0) is 0 Å². The van der Waals surface area contributed by atoms with Gasteiger partial charge in [-0.05, 0) is 35.9 Å². The first-order valence-electron chi connectivity index (χ1n) is 10.1. The Morgan fingerprint density at radius 1 is 1.12 bits per heavy atom. The SMILES string of the molecule is COc1c(C(=O)N[C@H](CO)c2ccccc2)ccc2[nH]nc(C=Cc3ccccc3F)c12. The van der Waals surface area contributed by atoms with Crippen molar-refractivity contribution >= 4 is 29.0 Å². The number of benzene rings is 3. The summed E-state index contributed by atoms with van der Waals surface area (Å²) in [5.74, 6) is -0.393. The molecule has 0 aliphatic carbocycles. The Labute approximate surface area is 184 Å². The smallest absolute Gasteiger partial charge is 0.255 e. The van der Waals surface area contributed by atoms with E-state index in [4.69, 9.17) is 4.74 Å². The highest BCUT2D eigenvalue weighted by Crippen LogP contribution is 2.32. The lowest BCUT2D eigenvalue weighted by atomic mass is 10.0. The molecule has 0 radical (unpaired) electrons. The normalized spacial score (nSPS) is 12.2. The quantitative estimate of drug-likeness (QED) is 0.406. The minimum absolute atomic E-state index is 0.247. The van der Waals surface area contributed by atoms with E-state index in [0.29, 0.717) is 33.5 Å². The number of hydrogen-bond acceptors (Lipinski definition) is 4. The zero-order chi connectivity index (χ0) is 22.5. The largest absolute Gasteiger partial charge is 0.495 e. The van der Waals surface area contributed by atoms with Gasteiger partial charge in [-0.15, -0.1) is 0 Å². The van der Waals surface area contributed by atoms with Crippen LogP contribution in [-0.4, -0.2) is 34.9 Å². The van der Waals surface area contributed by atoms with Crippen LogP contribution in [0, 0.1) is 5.82 Å². The standard InChI is InChI=1S/C25H22FN3O3/c1-32-24-18(25(31)27-22(15-30)17-8-3-2-4-9-17)12-14-21-23(24)20(28-29-21)13-11-16-7-5-6-10-19(16)26/h2-14,22,30H,15H2,1H3,(H,27,31)(H,28,29)/t22-/m1/s1. The van der Waals surface area contributed by atoms with Crippen LogP contribution in [0.4, 0.5) is 4.39 Å². The average Bonchev–Trinajstić information content (AvgIpc) is 3.25. The van der Waals surface area contributed by atoms with E-state index >= 15 is 0 Å². The number of aliphatic hydroxyl groups is 1. The van der Waals surface area contributed by atoms with Gasteiger partial charge in [-0.25, -0.2) is 4.39 Å². The van der Waals surface area contributed by atoms with Crippen molar-refractivity contribution in [3.05, 3.63) is 94.9 Å². The predicted molar refractivity (Wildman–Crippen MR) is 122 cm³/mol. The molecule has 7 heteroatoms. The molecular weight excluding hydrogens is 409 g/mol. The monoisotopic (exact) mass is 431 g/mol.